The van der Waals surface area contributed by atoms with Crippen LogP contribution < -0.4 is 5.32 Å². The minimum absolute atomic E-state index is 0.134. The van der Waals surface area contributed by atoms with E-state index in [1.165, 1.54) is 34.4 Å². The maximum atomic E-state index is 12.2. The molecule has 0 saturated carbocycles. The molecule has 2 aromatic heterocycles. The zero-order valence-electron chi connectivity index (χ0n) is 12.2. The average molecular weight is 417 g/mol. The Labute approximate surface area is 160 Å². The molecule has 5 nitrogen and oxygen atoms in total. The molecule has 1 atom stereocenters. The fourth-order valence-corrected chi connectivity index (χ4v) is 4.39. The Morgan fingerprint density at radius 2 is 2.12 bits per heavy atom. The van der Waals surface area contributed by atoms with Gasteiger partial charge in [-0.2, -0.15) is 0 Å². The molecule has 1 amide bonds. The molecule has 0 bridgehead atoms. The molecule has 10 heteroatoms. The number of hydrogen-bond acceptors (Lipinski definition) is 7. The Balaban J connectivity index is 1.67. The highest BCUT2D eigenvalue weighted by Crippen LogP contribution is 2.31. The molecule has 0 aliphatic rings. The van der Waals surface area contributed by atoms with Gasteiger partial charge < -0.3 is 5.32 Å². The van der Waals surface area contributed by atoms with E-state index in [0.29, 0.717) is 15.2 Å². The second-order valence-electron chi connectivity index (χ2n) is 4.62. The number of nitrogens with zero attached hydrogens (tertiary/aromatic N) is 3. The summed E-state index contributed by atoms with van der Waals surface area (Å²) >= 11 is 16.1. The molecule has 24 heavy (non-hydrogen) atoms. The lowest BCUT2D eigenvalue weighted by Gasteiger charge is -2.07. The van der Waals surface area contributed by atoms with Crippen LogP contribution in [0.1, 0.15) is 6.92 Å². The molecule has 0 saturated heterocycles. The van der Waals surface area contributed by atoms with E-state index in [4.69, 9.17) is 23.2 Å². The first-order valence-corrected chi connectivity index (χ1v) is 10.1. The van der Waals surface area contributed by atoms with E-state index in [0.717, 1.165) is 15.6 Å². The van der Waals surface area contributed by atoms with Crippen LogP contribution in [0.5, 0.6) is 0 Å². The highest BCUT2D eigenvalue weighted by atomic mass is 35.5. The van der Waals surface area contributed by atoms with Gasteiger partial charge in [0.25, 0.3) is 0 Å². The number of benzene rings is 1. The van der Waals surface area contributed by atoms with Crippen molar-refractivity contribution in [2.45, 2.75) is 16.5 Å². The van der Waals surface area contributed by atoms with Gasteiger partial charge in [0.2, 0.25) is 5.91 Å². The highest BCUT2D eigenvalue weighted by Gasteiger charge is 2.18. The molecule has 0 fully saturated rings. The van der Waals surface area contributed by atoms with Crippen LogP contribution >= 0.6 is 57.6 Å². The second-order valence-corrected chi connectivity index (χ2v) is 8.71. The molecule has 0 unspecified atom stereocenters. The lowest BCUT2D eigenvalue weighted by Crippen LogP contribution is -2.22. The molecular weight excluding hydrogens is 407 g/mol. The van der Waals surface area contributed by atoms with Gasteiger partial charge in [-0.1, -0.05) is 52.4 Å². The van der Waals surface area contributed by atoms with E-state index in [-0.39, 0.29) is 11.2 Å². The number of halogens is 2. The average Bonchev–Trinajstić information content (AvgIpc) is 3.22. The largest absolute Gasteiger partial charge is 0.301 e. The summed E-state index contributed by atoms with van der Waals surface area (Å²) in [5.74, 6) is -0.134. The van der Waals surface area contributed by atoms with Crippen molar-refractivity contribution in [1.29, 1.82) is 0 Å². The first-order chi connectivity index (χ1) is 11.5. The Hall–Kier alpha value is -1.19. The van der Waals surface area contributed by atoms with Gasteiger partial charge in [0.15, 0.2) is 9.47 Å². The molecule has 0 spiro atoms. The minimum atomic E-state index is -0.296. The fourth-order valence-electron chi connectivity index (χ4n) is 1.75. The quantitative estimate of drug-likeness (QED) is 0.586. The van der Waals surface area contributed by atoms with Crippen LogP contribution in [0.2, 0.25) is 10.0 Å². The van der Waals surface area contributed by atoms with Crippen LogP contribution in [0, 0.1) is 0 Å². The number of amides is 1. The van der Waals surface area contributed by atoms with Crippen LogP contribution in [0.15, 0.2) is 33.4 Å². The summed E-state index contributed by atoms with van der Waals surface area (Å²) in [6.07, 6.45) is 0. The van der Waals surface area contributed by atoms with Crippen molar-refractivity contribution in [2.75, 3.05) is 5.32 Å². The van der Waals surface area contributed by atoms with E-state index in [9.17, 15) is 4.79 Å². The number of carbonyl (C=O) groups excluding carboxylic acids is 1. The Morgan fingerprint density at radius 3 is 2.83 bits per heavy atom. The van der Waals surface area contributed by atoms with Crippen LogP contribution in [-0.2, 0) is 4.79 Å². The third-order valence-corrected chi connectivity index (χ3v) is 6.34. The first kappa shape index (κ1) is 17.6. The summed E-state index contributed by atoms with van der Waals surface area (Å²) in [5, 5.41) is 13.5. The smallest absolute Gasteiger partial charge is 0.239 e. The topological polar surface area (TPSA) is 67.8 Å². The number of anilines is 1. The van der Waals surface area contributed by atoms with Gasteiger partial charge in [-0.3, -0.25) is 4.79 Å². The zero-order valence-corrected chi connectivity index (χ0v) is 16.2. The van der Waals surface area contributed by atoms with Gasteiger partial charge in [-0.05, 0) is 19.1 Å². The molecule has 3 rings (SSSR count). The fraction of sp³-hybridized carbons (Fsp3) is 0.143. The van der Waals surface area contributed by atoms with Gasteiger partial charge in [0.05, 0.1) is 21.0 Å². The third kappa shape index (κ3) is 4.25. The third-order valence-electron chi connectivity index (χ3n) is 2.94. The predicted molar refractivity (Wildman–Crippen MR) is 101 cm³/mol. The number of rotatable bonds is 5. The van der Waals surface area contributed by atoms with E-state index >= 15 is 0 Å². The lowest BCUT2D eigenvalue weighted by atomic mass is 10.2. The van der Waals surface area contributed by atoms with Crippen LogP contribution in [0.25, 0.3) is 11.3 Å². The highest BCUT2D eigenvalue weighted by molar-refractivity contribution is 8.02. The lowest BCUT2D eigenvalue weighted by molar-refractivity contribution is -0.115. The number of aromatic nitrogens is 3. The predicted octanol–water partition coefficient (Wildman–Crippen LogP) is 5.09. The monoisotopic (exact) mass is 416 g/mol. The van der Waals surface area contributed by atoms with Gasteiger partial charge in [0.1, 0.15) is 5.51 Å². The van der Waals surface area contributed by atoms with Crippen molar-refractivity contribution in [2.24, 2.45) is 0 Å². The molecule has 124 valence electrons. The van der Waals surface area contributed by atoms with Crippen molar-refractivity contribution in [3.05, 3.63) is 39.1 Å². The van der Waals surface area contributed by atoms with E-state index in [2.05, 4.69) is 20.5 Å². The summed E-state index contributed by atoms with van der Waals surface area (Å²) in [4.78, 5) is 16.7. The van der Waals surface area contributed by atoms with Gasteiger partial charge >= 0.3 is 0 Å². The molecule has 2 heterocycles. The second kappa shape index (κ2) is 7.79. The van der Waals surface area contributed by atoms with Crippen molar-refractivity contribution in [3.63, 3.8) is 0 Å². The van der Waals surface area contributed by atoms with Crippen LogP contribution in [0.3, 0.4) is 0 Å². The van der Waals surface area contributed by atoms with E-state index < -0.39 is 0 Å². The van der Waals surface area contributed by atoms with Crippen LogP contribution in [-0.4, -0.2) is 26.3 Å². The molecular formula is C14H10Cl2N4OS3. The van der Waals surface area contributed by atoms with Crippen molar-refractivity contribution in [3.8, 4) is 11.3 Å². The molecule has 1 aromatic carbocycles. The summed E-state index contributed by atoms with van der Waals surface area (Å²) in [7, 11) is 0. The van der Waals surface area contributed by atoms with Crippen LogP contribution in [0.4, 0.5) is 5.13 Å². The van der Waals surface area contributed by atoms with Gasteiger partial charge in [0, 0.05) is 10.9 Å². The number of carbonyl (C=O) groups is 1. The molecule has 1 N–H and O–H groups in total. The van der Waals surface area contributed by atoms with Crippen molar-refractivity contribution >= 4 is 68.7 Å². The van der Waals surface area contributed by atoms with E-state index in [1.807, 2.05) is 18.4 Å². The maximum absolute atomic E-state index is 12.2. The SMILES string of the molecule is C[C@H](Sc1nncs1)C(=O)Nc1nc(-c2ccc(Cl)c(Cl)c2)cs1. The normalized spacial score (nSPS) is 12.1. The standard InChI is InChI=1S/C14H10Cl2N4OS3/c1-7(24-14-20-17-6-23-14)12(21)19-13-18-11(5-22-13)8-2-3-9(15)10(16)4-8/h2-7H,1H3,(H,18,19,21)/t7-/m0/s1. The maximum Gasteiger partial charge on any atom is 0.239 e. The number of nitrogens with one attached hydrogen (secondary N) is 1. The summed E-state index contributed by atoms with van der Waals surface area (Å²) in [6.45, 7) is 1.81. The number of hydrogen-bond donors (Lipinski definition) is 1. The van der Waals surface area contributed by atoms with Crippen molar-refractivity contribution < 1.29 is 4.79 Å². The first-order valence-electron chi connectivity index (χ1n) is 6.67. The van der Waals surface area contributed by atoms with Gasteiger partial charge in [-0.25, -0.2) is 4.98 Å². The zero-order chi connectivity index (χ0) is 17.1. The molecule has 0 aliphatic carbocycles. The molecule has 3 aromatic rings. The Kier molecular flexibility index (Phi) is 5.72. The Morgan fingerprint density at radius 1 is 1.29 bits per heavy atom. The summed E-state index contributed by atoms with van der Waals surface area (Å²) < 4.78 is 0.758. The Bertz CT molecular complexity index is 854. The number of thiazole rings is 1. The minimum Gasteiger partial charge on any atom is -0.301 e. The van der Waals surface area contributed by atoms with Gasteiger partial charge in [-0.15, -0.1) is 21.5 Å². The van der Waals surface area contributed by atoms with Crippen molar-refractivity contribution in [1.82, 2.24) is 15.2 Å². The van der Waals surface area contributed by atoms with E-state index in [1.54, 1.807) is 17.6 Å². The molecule has 0 radical (unpaired) electrons. The summed E-state index contributed by atoms with van der Waals surface area (Å²) in [5.41, 5.74) is 3.22. The number of thioether (sulfide) groups is 1. The summed E-state index contributed by atoms with van der Waals surface area (Å²) in [6, 6.07) is 5.30. The molecule has 0 aliphatic heterocycles.